The number of carbonyl (C=O) groups excluding carboxylic acids is 3. The van der Waals surface area contributed by atoms with Crippen LogP contribution in [0.4, 0.5) is 4.79 Å². The molecule has 0 unspecified atom stereocenters. The molecule has 11 heteroatoms. The minimum atomic E-state index is -1.33. The van der Waals surface area contributed by atoms with Crippen molar-refractivity contribution in [2.24, 2.45) is 5.92 Å². The van der Waals surface area contributed by atoms with Gasteiger partial charge in [-0.15, -0.1) is 0 Å². The molecule has 1 fully saturated rings. The van der Waals surface area contributed by atoms with E-state index in [1.165, 1.54) is 0 Å². The second kappa shape index (κ2) is 11.7. The van der Waals surface area contributed by atoms with Gasteiger partial charge in [0.25, 0.3) is 11.8 Å². The fourth-order valence-electron chi connectivity index (χ4n) is 3.30. The Bertz CT molecular complexity index is 1060. The van der Waals surface area contributed by atoms with Crippen molar-refractivity contribution in [3.8, 4) is 0 Å². The number of hydrogen-bond donors (Lipinski definition) is 3. The Labute approximate surface area is 207 Å². The second-order valence-corrected chi connectivity index (χ2v) is 8.69. The first kappa shape index (κ1) is 26.0. The number of epoxide rings is 1. The van der Waals surface area contributed by atoms with Crippen molar-refractivity contribution in [3.05, 3.63) is 70.7 Å². The maximum atomic E-state index is 12.9. The molecule has 2 aromatic rings. The summed E-state index contributed by atoms with van der Waals surface area (Å²) in [5, 5.41) is 12.9. The van der Waals surface area contributed by atoms with E-state index < -0.39 is 48.7 Å². The van der Waals surface area contributed by atoms with Crippen molar-refractivity contribution >= 4 is 35.5 Å². The van der Waals surface area contributed by atoms with Gasteiger partial charge in [-0.2, -0.15) is 0 Å². The summed E-state index contributed by atoms with van der Waals surface area (Å²) in [5.74, 6) is -3.22. The number of benzene rings is 2. The van der Waals surface area contributed by atoms with Gasteiger partial charge in [-0.25, -0.2) is 9.80 Å². The third-order valence-electron chi connectivity index (χ3n) is 5.17. The lowest BCUT2D eigenvalue weighted by Crippen LogP contribution is -2.57. The Morgan fingerprint density at radius 1 is 1.09 bits per heavy atom. The molecular weight excluding hydrogens is 478 g/mol. The summed E-state index contributed by atoms with van der Waals surface area (Å²) in [4.78, 5) is 49.4. The first-order valence-corrected chi connectivity index (χ1v) is 11.2. The van der Waals surface area contributed by atoms with Crippen LogP contribution >= 0.6 is 11.6 Å². The Morgan fingerprint density at radius 2 is 1.74 bits per heavy atom. The average molecular weight is 504 g/mol. The number of nitrogens with zero attached hydrogens (tertiary/aromatic N) is 1. The van der Waals surface area contributed by atoms with E-state index in [0.717, 1.165) is 5.56 Å². The van der Waals surface area contributed by atoms with E-state index in [1.807, 2.05) is 6.07 Å². The van der Waals surface area contributed by atoms with Crippen LogP contribution in [0, 0.1) is 5.92 Å². The highest BCUT2D eigenvalue weighted by Crippen LogP contribution is 2.39. The summed E-state index contributed by atoms with van der Waals surface area (Å²) in [7, 11) is 0. The van der Waals surface area contributed by atoms with Crippen LogP contribution < -0.4 is 10.7 Å². The predicted octanol–water partition coefficient (Wildman–Crippen LogP) is 2.68. The number of amides is 3. The number of nitrogens with one attached hydrogen (secondary N) is 2. The number of rotatable bonds is 9. The molecule has 10 nitrogen and oxygen atoms in total. The third-order valence-corrected chi connectivity index (χ3v) is 5.43. The van der Waals surface area contributed by atoms with E-state index in [9.17, 15) is 24.3 Å². The SMILES string of the molecule is CC(C)[C@H](NC(=O)OCc1ccccc1)C(=O)NN(CC(=O)O)C(=O)[C@@H]1O[C@@H]1c1ccc(Cl)cc1. The Morgan fingerprint density at radius 3 is 2.34 bits per heavy atom. The van der Waals surface area contributed by atoms with E-state index in [0.29, 0.717) is 15.6 Å². The number of carbonyl (C=O) groups is 4. The Kier molecular flexibility index (Phi) is 8.67. The number of carboxylic acids is 1. The standard InChI is InChI=1S/C24H26ClN3O7/c1-14(2)19(26-24(33)34-13-15-6-4-3-5-7-15)22(31)27-28(12-18(29)30)23(32)21-20(35-21)16-8-10-17(25)11-9-16/h3-11,14,19-21H,12-13H2,1-2H3,(H,26,33)(H,27,31)(H,29,30)/t19-,20+,21+/m0/s1. The highest BCUT2D eigenvalue weighted by molar-refractivity contribution is 6.30. The maximum Gasteiger partial charge on any atom is 0.408 e. The number of carboxylic acid groups (broad SMARTS) is 1. The van der Waals surface area contributed by atoms with Crippen molar-refractivity contribution < 1.29 is 33.8 Å². The van der Waals surface area contributed by atoms with Gasteiger partial charge < -0.3 is 19.9 Å². The summed E-state index contributed by atoms with van der Waals surface area (Å²) >= 11 is 5.88. The first-order chi connectivity index (χ1) is 16.7. The van der Waals surface area contributed by atoms with E-state index in [1.54, 1.807) is 62.4 Å². The van der Waals surface area contributed by atoms with E-state index in [4.69, 9.17) is 21.1 Å². The molecule has 0 saturated carbocycles. The summed E-state index contributed by atoms with van der Waals surface area (Å²) in [5.41, 5.74) is 3.77. The van der Waals surface area contributed by atoms with Crippen molar-refractivity contribution in [2.45, 2.75) is 38.7 Å². The average Bonchev–Trinajstić information content (AvgIpc) is 3.62. The summed E-state index contributed by atoms with van der Waals surface area (Å²) in [6.07, 6.45) is -2.37. The Hall–Kier alpha value is -3.63. The van der Waals surface area contributed by atoms with Crippen molar-refractivity contribution in [3.63, 3.8) is 0 Å². The molecule has 3 N–H and O–H groups in total. The molecule has 3 atom stereocenters. The largest absolute Gasteiger partial charge is 0.480 e. The molecule has 3 amide bonds. The summed E-state index contributed by atoms with van der Waals surface area (Å²) < 4.78 is 10.6. The maximum absolute atomic E-state index is 12.9. The monoisotopic (exact) mass is 503 g/mol. The van der Waals surface area contributed by atoms with Gasteiger partial charge in [0.15, 0.2) is 6.10 Å². The number of halogens is 1. The third kappa shape index (κ3) is 7.43. The zero-order valence-electron chi connectivity index (χ0n) is 19.1. The topological polar surface area (TPSA) is 138 Å². The molecule has 0 aromatic heterocycles. The zero-order valence-corrected chi connectivity index (χ0v) is 19.9. The fraction of sp³-hybridized carbons (Fsp3) is 0.333. The molecule has 2 aromatic carbocycles. The van der Waals surface area contributed by atoms with Gasteiger partial charge in [-0.3, -0.25) is 19.8 Å². The number of alkyl carbamates (subject to hydrolysis) is 1. The quantitative estimate of drug-likeness (QED) is 0.353. The van der Waals surface area contributed by atoms with Gasteiger partial charge in [0.2, 0.25) is 0 Å². The lowest BCUT2D eigenvalue weighted by molar-refractivity contribution is -0.151. The van der Waals surface area contributed by atoms with Crippen LogP contribution in [0.5, 0.6) is 0 Å². The van der Waals surface area contributed by atoms with Crippen molar-refractivity contribution in [2.75, 3.05) is 6.54 Å². The van der Waals surface area contributed by atoms with Crippen molar-refractivity contribution in [1.82, 2.24) is 15.8 Å². The molecule has 3 rings (SSSR count). The van der Waals surface area contributed by atoms with Crippen LogP contribution in [0.3, 0.4) is 0 Å². The van der Waals surface area contributed by atoms with Crippen LogP contribution in [0.2, 0.25) is 5.02 Å². The number of hydrogen-bond acceptors (Lipinski definition) is 6. The molecule has 0 aliphatic carbocycles. The van der Waals surface area contributed by atoms with Crippen LogP contribution in [-0.4, -0.2) is 52.7 Å². The van der Waals surface area contributed by atoms with E-state index >= 15 is 0 Å². The van der Waals surface area contributed by atoms with E-state index in [2.05, 4.69) is 10.7 Å². The molecule has 1 aliphatic rings. The second-order valence-electron chi connectivity index (χ2n) is 8.25. The van der Waals surface area contributed by atoms with Crippen LogP contribution in [0.15, 0.2) is 54.6 Å². The van der Waals surface area contributed by atoms with Gasteiger partial charge in [0.1, 0.15) is 25.3 Å². The number of ether oxygens (including phenoxy) is 2. The van der Waals surface area contributed by atoms with Crippen molar-refractivity contribution in [1.29, 1.82) is 0 Å². The predicted molar refractivity (Wildman–Crippen MR) is 125 cm³/mol. The number of hydrazine groups is 1. The molecule has 186 valence electrons. The van der Waals surface area contributed by atoms with Crippen LogP contribution in [-0.2, 0) is 30.5 Å². The highest BCUT2D eigenvalue weighted by atomic mass is 35.5. The summed E-state index contributed by atoms with van der Waals surface area (Å²) in [6.45, 7) is 2.59. The van der Waals surface area contributed by atoms with Gasteiger partial charge in [-0.1, -0.05) is 67.9 Å². The van der Waals surface area contributed by atoms with Gasteiger partial charge in [0.05, 0.1) is 0 Å². The smallest absolute Gasteiger partial charge is 0.408 e. The molecule has 35 heavy (non-hydrogen) atoms. The van der Waals surface area contributed by atoms with E-state index in [-0.39, 0.29) is 12.5 Å². The molecule has 1 saturated heterocycles. The van der Waals surface area contributed by atoms with Gasteiger partial charge in [-0.05, 0) is 29.2 Å². The molecule has 0 radical (unpaired) electrons. The minimum Gasteiger partial charge on any atom is -0.480 e. The molecule has 0 bridgehead atoms. The zero-order chi connectivity index (χ0) is 25.5. The first-order valence-electron chi connectivity index (χ1n) is 10.9. The Balaban J connectivity index is 1.61. The van der Waals surface area contributed by atoms with Gasteiger partial charge >= 0.3 is 12.1 Å². The lowest BCUT2D eigenvalue weighted by Gasteiger charge is -2.26. The lowest BCUT2D eigenvalue weighted by atomic mass is 10.0. The normalized spacial score (nSPS) is 17.3. The highest BCUT2D eigenvalue weighted by Gasteiger charge is 2.49. The van der Waals surface area contributed by atoms with Crippen LogP contribution in [0.25, 0.3) is 0 Å². The number of aliphatic carboxylic acids is 1. The van der Waals surface area contributed by atoms with Crippen LogP contribution in [0.1, 0.15) is 31.1 Å². The fourth-order valence-corrected chi connectivity index (χ4v) is 3.42. The minimum absolute atomic E-state index is 0.00778. The molecule has 1 heterocycles. The molecule has 1 aliphatic heterocycles. The molecule has 0 spiro atoms. The summed E-state index contributed by atoms with van der Waals surface area (Å²) in [6, 6.07) is 14.6. The van der Waals surface area contributed by atoms with Gasteiger partial charge in [0, 0.05) is 5.02 Å². The molecular formula is C24H26ClN3O7.